The standard InChI is InChI=1S/C10H13N3O.C2H6.2H2/c11-6-7-3-4-12-9(5-7)10(14)13-8-1-2-8;1-2;;/h3-5,8H,1-2,6,11H2,(H,13,14);1-2H3;2*1H. The maximum absolute atomic E-state index is 11.5. The predicted molar refractivity (Wildman–Crippen MR) is 68.2 cm³/mol. The third-order valence-electron chi connectivity index (χ3n) is 2.21. The molecule has 0 radical (unpaired) electrons. The Morgan fingerprint density at radius 2 is 2.31 bits per heavy atom. The second kappa shape index (κ2) is 6.23. The van der Waals surface area contributed by atoms with Crippen molar-refractivity contribution in [1.82, 2.24) is 10.3 Å². The fraction of sp³-hybridized carbons (Fsp3) is 0.500. The first-order valence-electron chi connectivity index (χ1n) is 5.75. The van der Waals surface area contributed by atoms with Crippen molar-refractivity contribution in [3.8, 4) is 0 Å². The number of aromatic nitrogens is 1. The van der Waals surface area contributed by atoms with Crippen LogP contribution >= 0.6 is 0 Å². The first-order valence-corrected chi connectivity index (χ1v) is 5.75. The lowest BCUT2D eigenvalue weighted by Crippen LogP contribution is -2.26. The largest absolute Gasteiger partial charge is 0.348 e. The summed E-state index contributed by atoms with van der Waals surface area (Å²) in [6, 6.07) is 3.91. The molecule has 0 aromatic carbocycles. The highest BCUT2D eigenvalue weighted by atomic mass is 16.2. The maximum atomic E-state index is 11.5. The molecule has 16 heavy (non-hydrogen) atoms. The van der Waals surface area contributed by atoms with Crippen LogP contribution in [-0.2, 0) is 6.54 Å². The Morgan fingerprint density at radius 1 is 1.62 bits per heavy atom. The quantitative estimate of drug-likeness (QED) is 0.826. The molecule has 1 amide bonds. The number of nitrogens with one attached hydrogen (secondary N) is 1. The van der Waals surface area contributed by atoms with Gasteiger partial charge in [-0.25, -0.2) is 0 Å². The van der Waals surface area contributed by atoms with E-state index in [0.29, 0.717) is 18.3 Å². The molecule has 0 bridgehead atoms. The van der Waals surface area contributed by atoms with Crippen LogP contribution in [-0.4, -0.2) is 16.9 Å². The van der Waals surface area contributed by atoms with Gasteiger partial charge in [-0.2, -0.15) is 0 Å². The molecule has 0 aliphatic heterocycles. The van der Waals surface area contributed by atoms with Gasteiger partial charge >= 0.3 is 0 Å². The first kappa shape index (κ1) is 12.6. The Bertz CT molecular complexity index is 357. The summed E-state index contributed by atoms with van der Waals surface area (Å²) in [5.41, 5.74) is 6.86. The van der Waals surface area contributed by atoms with E-state index in [-0.39, 0.29) is 8.76 Å². The van der Waals surface area contributed by atoms with E-state index in [0.717, 1.165) is 18.4 Å². The van der Waals surface area contributed by atoms with Gasteiger partial charge < -0.3 is 11.1 Å². The summed E-state index contributed by atoms with van der Waals surface area (Å²) < 4.78 is 0. The summed E-state index contributed by atoms with van der Waals surface area (Å²) >= 11 is 0. The lowest BCUT2D eigenvalue weighted by atomic mass is 10.2. The van der Waals surface area contributed by atoms with E-state index in [9.17, 15) is 4.79 Å². The highest BCUT2D eigenvalue weighted by Gasteiger charge is 2.24. The summed E-state index contributed by atoms with van der Waals surface area (Å²) in [5.74, 6) is -0.0946. The Labute approximate surface area is 99.2 Å². The maximum Gasteiger partial charge on any atom is 0.270 e. The number of nitrogens with two attached hydrogens (primary N) is 1. The van der Waals surface area contributed by atoms with E-state index in [1.807, 2.05) is 19.9 Å². The van der Waals surface area contributed by atoms with E-state index in [1.54, 1.807) is 12.3 Å². The van der Waals surface area contributed by atoms with E-state index >= 15 is 0 Å². The van der Waals surface area contributed by atoms with E-state index in [4.69, 9.17) is 5.73 Å². The van der Waals surface area contributed by atoms with Crippen molar-refractivity contribution in [3.05, 3.63) is 29.6 Å². The Morgan fingerprint density at radius 3 is 2.88 bits per heavy atom. The zero-order chi connectivity index (χ0) is 12.0. The van der Waals surface area contributed by atoms with Crippen molar-refractivity contribution in [2.24, 2.45) is 5.73 Å². The van der Waals surface area contributed by atoms with Crippen LogP contribution in [0.4, 0.5) is 0 Å². The van der Waals surface area contributed by atoms with E-state index in [2.05, 4.69) is 10.3 Å². The third kappa shape index (κ3) is 3.62. The SMILES string of the molecule is CC.NCc1ccnc(C(=O)NC2CC2)c1.[HH].[HH]. The molecule has 0 unspecified atom stereocenters. The summed E-state index contributed by atoms with van der Waals surface area (Å²) in [4.78, 5) is 15.5. The molecule has 1 saturated carbocycles. The molecule has 3 N–H and O–H groups in total. The molecule has 92 valence electrons. The van der Waals surface area contributed by atoms with Gasteiger partial charge in [0.2, 0.25) is 0 Å². The number of carbonyl (C=O) groups is 1. The molecule has 2 rings (SSSR count). The van der Waals surface area contributed by atoms with Crippen LogP contribution in [0.3, 0.4) is 0 Å². The number of hydrogen-bond donors (Lipinski definition) is 2. The molecule has 0 spiro atoms. The number of nitrogens with zero attached hydrogens (tertiary/aromatic N) is 1. The average molecular weight is 225 g/mol. The molecule has 1 aliphatic carbocycles. The topological polar surface area (TPSA) is 68.0 Å². The summed E-state index contributed by atoms with van der Waals surface area (Å²) in [6.45, 7) is 4.44. The highest BCUT2D eigenvalue weighted by Crippen LogP contribution is 2.19. The van der Waals surface area contributed by atoms with Gasteiger partial charge in [0.25, 0.3) is 5.91 Å². The van der Waals surface area contributed by atoms with Crippen molar-refractivity contribution in [2.75, 3.05) is 0 Å². The van der Waals surface area contributed by atoms with Crippen molar-refractivity contribution in [2.45, 2.75) is 39.3 Å². The molecular weight excluding hydrogens is 202 g/mol. The van der Waals surface area contributed by atoms with Crippen molar-refractivity contribution in [1.29, 1.82) is 0 Å². The molecule has 4 heteroatoms. The second-order valence-electron chi connectivity index (χ2n) is 3.50. The van der Waals surface area contributed by atoms with Crippen LogP contribution in [0.25, 0.3) is 0 Å². The van der Waals surface area contributed by atoms with Gasteiger partial charge in [0.1, 0.15) is 5.69 Å². The predicted octanol–water partition coefficient (Wildman–Crippen LogP) is 1.95. The smallest absolute Gasteiger partial charge is 0.270 e. The van der Waals surface area contributed by atoms with Gasteiger partial charge in [0, 0.05) is 21.6 Å². The Balaban J connectivity index is 0. The highest BCUT2D eigenvalue weighted by molar-refractivity contribution is 5.92. The lowest BCUT2D eigenvalue weighted by Gasteiger charge is -2.03. The summed E-state index contributed by atoms with van der Waals surface area (Å²) in [5, 5.41) is 2.88. The Kier molecular flexibility index (Phi) is 4.92. The number of amides is 1. The van der Waals surface area contributed by atoms with Gasteiger partial charge in [-0.05, 0) is 30.5 Å². The van der Waals surface area contributed by atoms with Gasteiger partial charge in [0.15, 0.2) is 0 Å². The van der Waals surface area contributed by atoms with Crippen molar-refractivity contribution in [3.63, 3.8) is 0 Å². The normalized spacial score (nSPS) is 13.7. The fourth-order valence-corrected chi connectivity index (χ4v) is 1.21. The third-order valence-corrected chi connectivity index (χ3v) is 2.21. The van der Waals surface area contributed by atoms with Crippen LogP contribution < -0.4 is 11.1 Å². The summed E-state index contributed by atoms with van der Waals surface area (Å²) in [7, 11) is 0. The molecule has 0 saturated heterocycles. The van der Waals surface area contributed by atoms with Crippen LogP contribution in [0.2, 0.25) is 0 Å². The van der Waals surface area contributed by atoms with E-state index < -0.39 is 0 Å². The molecule has 1 aromatic heterocycles. The molecule has 1 aromatic rings. The summed E-state index contributed by atoms with van der Waals surface area (Å²) in [6.07, 6.45) is 3.79. The number of rotatable bonds is 3. The first-order chi connectivity index (χ1) is 7.79. The Hall–Kier alpha value is -1.42. The fourth-order valence-electron chi connectivity index (χ4n) is 1.21. The van der Waals surface area contributed by atoms with Crippen molar-refractivity contribution >= 4 is 5.91 Å². The number of pyridine rings is 1. The molecule has 1 fully saturated rings. The molecule has 0 atom stereocenters. The van der Waals surface area contributed by atoms with Gasteiger partial charge in [-0.3, -0.25) is 9.78 Å². The average Bonchev–Trinajstić information content (AvgIpc) is 3.15. The minimum absolute atomic E-state index is 0. The van der Waals surface area contributed by atoms with Crippen LogP contribution in [0.5, 0.6) is 0 Å². The van der Waals surface area contributed by atoms with Crippen LogP contribution in [0, 0.1) is 0 Å². The van der Waals surface area contributed by atoms with Crippen LogP contribution in [0.15, 0.2) is 18.3 Å². The van der Waals surface area contributed by atoms with Crippen molar-refractivity contribution < 1.29 is 7.65 Å². The molecule has 1 heterocycles. The number of carbonyl (C=O) groups excluding carboxylic acids is 1. The monoisotopic (exact) mass is 225 g/mol. The van der Waals surface area contributed by atoms with Gasteiger partial charge in [-0.15, -0.1) is 0 Å². The lowest BCUT2D eigenvalue weighted by molar-refractivity contribution is 0.0946. The minimum Gasteiger partial charge on any atom is -0.348 e. The molecule has 4 nitrogen and oxygen atoms in total. The zero-order valence-corrected chi connectivity index (χ0v) is 9.86. The van der Waals surface area contributed by atoms with Crippen LogP contribution in [0.1, 0.15) is 45.6 Å². The molecular formula is C12H23N3O. The van der Waals surface area contributed by atoms with E-state index in [1.165, 1.54) is 0 Å². The minimum atomic E-state index is -0.0946. The number of hydrogen-bond acceptors (Lipinski definition) is 3. The van der Waals surface area contributed by atoms with Gasteiger partial charge in [-0.1, -0.05) is 13.8 Å². The second-order valence-corrected chi connectivity index (χ2v) is 3.50. The zero-order valence-electron chi connectivity index (χ0n) is 9.86. The van der Waals surface area contributed by atoms with Gasteiger partial charge in [0.05, 0.1) is 0 Å². The molecule has 1 aliphatic rings.